The average molecular weight is 340 g/mol. The zero-order valence-corrected chi connectivity index (χ0v) is 14.2. The van der Waals surface area contributed by atoms with Crippen LogP contribution in [0.1, 0.15) is 27.0 Å². The summed E-state index contributed by atoms with van der Waals surface area (Å²) in [5.41, 5.74) is 7.93. The molecule has 0 aliphatic heterocycles. The summed E-state index contributed by atoms with van der Waals surface area (Å²) in [6, 6.07) is 14.1. The number of carbonyl (C=O) groups is 3. The molecule has 0 spiro atoms. The Bertz CT molecular complexity index is 772. The molecular weight excluding hydrogens is 320 g/mol. The van der Waals surface area contributed by atoms with Gasteiger partial charge in [0.1, 0.15) is 0 Å². The van der Waals surface area contributed by atoms with Crippen molar-refractivity contribution in [3.05, 3.63) is 70.8 Å². The van der Waals surface area contributed by atoms with Gasteiger partial charge in [0, 0.05) is 5.56 Å². The molecule has 0 bridgehead atoms. The summed E-state index contributed by atoms with van der Waals surface area (Å²) >= 11 is 0. The quantitative estimate of drug-likeness (QED) is 0.643. The molecule has 0 saturated carbocycles. The van der Waals surface area contributed by atoms with Crippen molar-refractivity contribution < 1.29 is 19.1 Å². The van der Waals surface area contributed by atoms with Crippen molar-refractivity contribution in [1.29, 1.82) is 0 Å². The number of benzene rings is 2. The van der Waals surface area contributed by atoms with E-state index < -0.39 is 24.4 Å². The van der Waals surface area contributed by atoms with Crippen LogP contribution in [-0.4, -0.2) is 24.4 Å². The first-order valence-corrected chi connectivity index (χ1v) is 7.81. The monoisotopic (exact) mass is 340 g/mol. The van der Waals surface area contributed by atoms with Crippen LogP contribution in [0, 0.1) is 13.8 Å². The van der Waals surface area contributed by atoms with Gasteiger partial charge in [-0.1, -0.05) is 36.4 Å². The van der Waals surface area contributed by atoms with Crippen molar-refractivity contribution in [2.45, 2.75) is 20.3 Å². The van der Waals surface area contributed by atoms with Crippen molar-refractivity contribution in [2.75, 3.05) is 6.61 Å². The van der Waals surface area contributed by atoms with Gasteiger partial charge in [-0.2, -0.15) is 0 Å². The second-order valence-corrected chi connectivity index (χ2v) is 5.62. The maximum atomic E-state index is 11.8. The molecule has 2 aromatic carbocycles. The van der Waals surface area contributed by atoms with E-state index in [1.807, 2.05) is 32.0 Å². The summed E-state index contributed by atoms with van der Waals surface area (Å²) < 4.78 is 4.91. The molecule has 6 heteroatoms. The second kappa shape index (κ2) is 8.63. The molecule has 2 rings (SSSR count). The van der Waals surface area contributed by atoms with Crippen LogP contribution in [0.15, 0.2) is 48.5 Å². The molecule has 0 radical (unpaired) electrons. The van der Waals surface area contributed by atoms with Gasteiger partial charge in [-0.3, -0.25) is 25.2 Å². The topological polar surface area (TPSA) is 84.5 Å². The number of carbonyl (C=O) groups excluding carboxylic acids is 3. The van der Waals surface area contributed by atoms with Crippen molar-refractivity contribution in [2.24, 2.45) is 0 Å². The fraction of sp³-hybridized carbons (Fsp3) is 0.211. The van der Waals surface area contributed by atoms with Gasteiger partial charge < -0.3 is 4.74 Å². The maximum absolute atomic E-state index is 11.8. The molecule has 130 valence electrons. The molecule has 0 aliphatic carbocycles. The second-order valence-electron chi connectivity index (χ2n) is 5.62. The highest BCUT2D eigenvalue weighted by Gasteiger charge is 2.10. The highest BCUT2D eigenvalue weighted by atomic mass is 16.5. The third-order valence-electron chi connectivity index (χ3n) is 3.64. The Hall–Kier alpha value is -3.15. The van der Waals surface area contributed by atoms with E-state index in [0.717, 1.165) is 16.7 Å². The molecule has 0 unspecified atom stereocenters. The van der Waals surface area contributed by atoms with E-state index in [0.29, 0.717) is 5.56 Å². The number of nitrogens with one attached hydrogen (secondary N) is 2. The van der Waals surface area contributed by atoms with Gasteiger partial charge >= 0.3 is 5.97 Å². The minimum absolute atomic E-state index is 0.0881. The number of ether oxygens (including phenoxy) is 1. The number of hydrogen-bond acceptors (Lipinski definition) is 4. The first kappa shape index (κ1) is 18.2. The molecule has 0 aliphatic rings. The van der Waals surface area contributed by atoms with Crippen LogP contribution in [0.3, 0.4) is 0 Å². The standard InChI is InChI=1S/C19H20N2O4/c1-13-8-9-15(10-14(13)2)11-18(23)25-12-17(22)20-21-19(24)16-6-4-3-5-7-16/h3-10H,11-12H2,1-2H3,(H,20,22)(H,21,24). The lowest BCUT2D eigenvalue weighted by Crippen LogP contribution is -2.43. The Morgan fingerprint density at radius 1 is 0.920 bits per heavy atom. The van der Waals surface area contributed by atoms with Crippen LogP contribution < -0.4 is 10.9 Å². The number of amides is 2. The first-order valence-electron chi connectivity index (χ1n) is 7.81. The molecule has 0 fully saturated rings. The zero-order chi connectivity index (χ0) is 18.2. The molecule has 0 aromatic heterocycles. The van der Waals surface area contributed by atoms with Gasteiger partial charge in [0.15, 0.2) is 6.61 Å². The Kier molecular flexibility index (Phi) is 6.28. The summed E-state index contributed by atoms with van der Waals surface area (Å²) in [5.74, 6) is -1.57. The maximum Gasteiger partial charge on any atom is 0.310 e. The van der Waals surface area contributed by atoms with E-state index in [2.05, 4.69) is 10.9 Å². The molecular formula is C19H20N2O4. The van der Waals surface area contributed by atoms with E-state index in [1.54, 1.807) is 30.3 Å². The predicted molar refractivity (Wildman–Crippen MR) is 92.6 cm³/mol. The molecule has 0 atom stereocenters. The van der Waals surface area contributed by atoms with Gasteiger partial charge in [-0.15, -0.1) is 0 Å². The fourth-order valence-electron chi connectivity index (χ4n) is 2.10. The van der Waals surface area contributed by atoms with Crippen molar-refractivity contribution >= 4 is 17.8 Å². The molecule has 2 N–H and O–H groups in total. The lowest BCUT2D eigenvalue weighted by atomic mass is 10.0. The SMILES string of the molecule is Cc1ccc(CC(=O)OCC(=O)NNC(=O)c2ccccc2)cc1C. The van der Waals surface area contributed by atoms with E-state index in [1.165, 1.54) is 0 Å². The van der Waals surface area contributed by atoms with Gasteiger partial charge in [0.05, 0.1) is 6.42 Å². The largest absolute Gasteiger partial charge is 0.455 e. The van der Waals surface area contributed by atoms with Crippen LogP contribution >= 0.6 is 0 Å². The van der Waals surface area contributed by atoms with Gasteiger partial charge in [-0.05, 0) is 42.7 Å². The summed E-state index contributed by atoms with van der Waals surface area (Å²) in [6.45, 7) is 3.50. The van der Waals surface area contributed by atoms with E-state index in [9.17, 15) is 14.4 Å². The smallest absolute Gasteiger partial charge is 0.310 e. The fourth-order valence-corrected chi connectivity index (χ4v) is 2.10. The van der Waals surface area contributed by atoms with Gasteiger partial charge in [-0.25, -0.2) is 0 Å². The normalized spacial score (nSPS) is 10.0. The average Bonchev–Trinajstić information content (AvgIpc) is 2.61. The Balaban J connectivity index is 1.73. The predicted octanol–water partition coefficient (Wildman–Crippen LogP) is 1.85. The van der Waals surface area contributed by atoms with Gasteiger partial charge in [0.25, 0.3) is 11.8 Å². The van der Waals surface area contributed by atoms with Crippen LogP contribution in [0.4, 0.5) is 0 Å². The Labute approximate surface area is 146 Å². The number of hydrazine groups is 1. The first-order chi connectivity index (χ1) is 12.0. The number of esters is 1. The minimum atomic E-state index is -0.613. The Morgan fingerprint density at radius 3 is 2.32 bits per heavy atom. The lowest BCUT2D eigenvalue weighted by molar-refractivity contribution is -0.148. The van der Waals surface area contributed by atoms with E-state index >= 15 is 0 Å². The van der Waals surface area contributed by atoms with E-state index in [4.69, 9.17) is 4.74 Å². The van der Waals surface area contributed by atoms with Crippen LogP contribution in [0.25, 0.3) is 0 Å². The molecule has 0 saturated heterocycles. The minimum Gasteiger partial charge on any atom is -0.455 e. The van der Waals surface area contributed by atoms with Crippen molar-refractivity contribution in [3.63, 3.8) is 0 Å². The number of aryl methyl sites for hydroxylation is 2. The van der Waals surface area contributed by atoms with Crippen LogP contribution in [0.2, 0.25) is 0 Å². The van der Waals surface area contributed by atoms with Crippen LogP contribution in [-0.2, 0) is 20.7 Å². The molecule has 25 heavy (non-hydrogen) atoms. The molecule has 6 nitrogen and oxygen atoms in total. The highest BCUT2D eigenvalue weighted by molar-refractivity contribution is 5.95. The van der Waals surface area contributed by atoms with Crippen molar-refractivity contribution in [3.8, 4) is 0 Å². The molecule has 2 aromatic rings. The highest BCUT2D eigenvalue weighted by Crippen LogP contribution is 2.10. The van der Waals surface area contributed by atoms with Crippen LogP contribution in [0.5, 0.6) is 0 Å². The summed E-state index contributed by atoms with van der Waals surface area (Å²) in [4.78, 5) is 35.2. The number of hydrogen-bond donors (Lipinski definition) is 2. The van der Waals surface area contributed by atoms with Gasteiger partial charge in [0.2, 0.25) is 0 Å². The molecule has 0 heterocycles. The third-order valence-corrected chi connectivity index (χ3v) is 3.64. The number of rotatable bonds is 5. The summed E-state index contributed by atoms with van der Waals surface area (Å²) in [6.07, 6.45) is 0.0881. The Morgan fingerprint density at radius 2 is 1.64 bits per heavy atom. The molecule has 2 amide bonds. The summed E-state index contributed by atoms with van der Waals surface area (Å²) in [5, 5.41) is 0. The summed E-state index contributed by atoms with van der Waals surface area (Å²) in [7, 11) is 0. The zero-order valence-electron chi connectivity index (χ0n) is 14.2. The lowest BCUT2D eigenvalue weighted by Gasteiger charge is -2.09. The van der Waals surface area contributed by atoms with Crippen molar-refractivity contribution in [1.82, 2.24) is 10.9 Å². The third kappa shape index (κ3) is 5.76. The van der Waals surface area contributed by atoms with E-state index in [-0.39, 0.29) is 6.42 Å².